The van der Waals surface area contributed by atoms with Gasteiger partial charge in [0.2, 0.25) is 0 Å². The molecule has 4 nitrogen and oxygen atoms in total. The summed E-state index contributed by atoms with van der Waals surface area (Å²) >= 11 is 10.7. The van der Waals surface area contributed by atoms with Crippen LogP contribution < -0.4 is 15.4 Å². The zero-order valence-corrected chi connectivity index (χ0v) is 16.1. The SMILES string of the molecule is COc1ccc(NC(=S)NC(=O)c2ccccc2I)cc1Br. The molecule has 0 heterocycles. The maximum absolute atomic E-state index is 12.2. The summed E-state index contributed by atoms with van der Waals surface area (Å²) < 4.78 is 6.83. The van der Waals surface area contributed by atoms with E-state index < -0.39 is 0 Å². The molecule has 0 radical (unpaired) electrons. The van der Waals surface area contributed by atoms with Crippen LogP contribution in [0.4, 0.5) is 5.69 Å². The minimum absolute atomic E-state index is 0.238. The van der Waals surface area contributed by atoms with Crippen LogP contribution in [0.25, 0.3) is 0 Å². The van der Waals surface area contributed by atoms with E-state index in [4.69, 9.17) is 17.0 Å². The monoisotopic (exact) mass is 490 g/mol. The van der Waals surface area contributed by atoms with E-state index in [0.717, 1.165) is 19.5 Å². The fourth-order valence-electron chi connectivity index (χ4n) is 1.72. The largest absolute Gasteiger partial charge is 0.496 e. The second-order valence-electron chi connectivity index (χ2n) is 4.24. The lowest BCUT2D eigenvalue weighted by atomic mass is 10.2. The highest BCUT2D eigenvalue weighted by Crippen LogP contribution is 2.27. The molecule has 2 N–H and O–H groups in total. The lowest BCUT2D eigenvalue weighted by Crippen LogP contribution is -2.34. The van der Waals surface area contributed by atoms with Crippen molar-refractivity contribution in [2.75, 3.05) is 12.4 Å². The van der Waals surface area contributed by atoms with Gasteiger partial charge < -0.3 is 10.1 Å². The van der Waals surface area contributed by atoms with Crippen molar-refractivity contribution in [3.05, 3.63) is 56.1 Å². The predicted molar refractivity (Wildman–Crippen MR) is 104 cm³/mol. The van der Waals surface area contributed by atoms with Gasteiger partial charge in [0.1, 0.15) is 5.75 Å². The van der Waals surface area contributed by atoms with Crippen LogP contribution in [0.15, 0.2) is 46.9 Å². The number of ether oxygens (including phenoxy) is 1. The van der Waals surface area contributed by atoms with Crippen LogP contribution >= 0.6 is 50.7 Å². The van der Waals surface area contributed by atoms with Crippen molar-refractivity contribution in [3.63, 3.8) is 0 Å². The van der Waals surface area contributed by atoms with E-state index in [2.05, 4.69) is 49.2 Å². The molecule has 0 unspecified atom stereocenters. The van der Waals surface area contributed by atoms with E-state index in [1.54, 1.807) is 19.2 Å². The Bertz CT molecular complexity index is 724. The second kappa shape index (κ2) is 7.89. The Balaban J connectivity index is 2.03. The number of carbonyl (C=O) groups excluding carboxylic acids is 1. The highest BCUT2D eigenvalue weighted by molar-refractivity contribution is 14.1. The molecule has 2 rings (SSSR count). The normalized spacial score (nSPS) is 9.95. The number of thiocarbonyl (C=S) groups is 1. The van der Waals surface area contributed by atoms with Gasteiger partial charge in [-0.05, 0) is 81.1 Å². The molecule has 22 heavy (non-hydrogen) atoms. The highest BCUT2D eigenvalue weighted by Gasteiger charge is 2.11. The second-order valence-corrected chi connectivity index (χ2v) is 6.66. The van der Waals surface area contributed by atoms with E-state index in [0.29, 0.717) is 5.56 Å². The van der Waals surface area contributed by atoms with Gasteiger partial charge in [-0.1, -0.05) is 12.1 Å². The first-order chi connectivity index (χ1) is 10.5. The average Bonchev–Trinajstić information content (AvgIpc) is 2.47. The number of halogens is 2. The average molecular weight is 491 g/mol. The minimum Gasteiger partial charge on any atom is -0.496 e. The van der Waals surface area contributed by atoms with Crippen molar-refractivity contribution in [1.29, 1.82) is 0 Å². The van der Waals surface area contributed by atoms with E-state index in [1.165, 1.54) is 0 Å². The molecule has 0 saturated carbocycles. The summed E-state index contributed by atoms with van der Waals surface area (Å²) in [5.74, 6) is 0.481. The zero-order valence-electron chi connectivity index (χ0n) is 11.5. The molecule has 2 aromatic carbocycles. The van der Waals surface area contributed by atoms with Crippen LogP contribution in [0.5, 0.6) is 5.75 Å². The van der Waals surface area contributed by atoms with Crippen molar-refractivity contribution in [2.45, 2.75) is 0 Å². The van der Waals surface area contributed by atoms with Crippen molar-refractivity contribution in [3.8, 4) is 5.75 Å². The Morgan fingerprint density at radius 2 is 2.00 bits per heavy atom. The Hall–Kier alpha value is -1.19. The van der Waals surface area contributed by atoms with E-state index in [-0.39, 0.29) is 11.0 Å². The Morgan fingerprint density at radius 3 is 2.64 bits per heavy atom. The third-order valence-corrected chi connectivity index (χ3v) is 4.52. The van der Waals surface area contributed by atoms with Crippen LogP contribution in [0, 0.1) is 3.57 Å². The molecule has 0 saturated heterocycles. The fraction of sp³-hybridized carbons (Fsp3) is 0.0667. The van der Waals surface area contributed by atoms with Gasteiger partial charge in [0.15, 0.2) is 5.11 Å². The fourth-order valence-corrected chi connectivity index (χ4v) is 3.11. The summed E-state index contributed by atoms with van der Waals surface area (Å²) in [4.78, 5) is 12.2. The first-order valence-electron chi connectivity index (χ1n) is 6.21. The Morgan fingerprint density at radius 1 is 1.27 bits per heavy atom. The summed E-state index contributed by atoms with van der Waals surface area (Å²) in [6.45, 7) is 0. The van der Waals surface area contributed by atoms with Crippen LogP contribution in [-0.2, 0) is 0 Å². The predicted octanol–water partition coefficient (Wildman–Crippen LogP) is 4.19. The smallest absolute Gasteiger partial charge is 0.258 e. The van der Waals surface area contributed by atoms with Gasteiger partial charge in [0, 0.05) is 9.26 Å². The first-order valence-corrected chi connectivity index (χ1v) is 8.49. The summed E-state index contributed by atoms with van der Waals surface area (Å²) in [5.41, 5.74) is 1.34. The molecule has 0 aliphatic rings. The van der Waals surface area contributed by atoms with Gasteiger partial charge in [-0.3, -0.25) is 10.1 Å². The number of benzene rings is 2. The summed E-state index contributed by atoms with van der Waals surface area (Å²) in [6.07, 6.45) is 0. The number of carbonyl (C=O) groups is 1. The quantitative estimate of drug-likeness (QED) is 0.500. The Kier molecular flexibility index (Phi) is 6.16. The molecule has 0 aliphatic carbocycles. The maximum Gasteiger partial charge on any atom is 0.258 e. The van der Waals surface area contributed by atoms with Gasteiger partial charge in [-0.15, -0.1) is 0 Å². The highest BCUT2D eigenvalue weighted by atomic mass is 127. The molecule has 2 aromatic rings. The van der Waals surface area contributed by atoms with E-state index >= 15 is 0 Å². The number of amides is 1. The molecule has 0 bridgehead atoms. The number of nitrogens with one attached hydrogen (secondary N) is 2. The van der Waals surface area contributed by atoms with Crippen LogP contribution in [0.3, 0.4) is 0 Å². The van der Waals surface area contributed by atoms with Gasteiger partial charge in [-0.25, -0.2) is 0 Å². The third kappa shape index (κ3) is 4.40. The molecule has 0 fully saturated rings. The molecular weight excluding hydrogens is 479 g/mol. The van der Waals surface area contributed by atoms with E-state index in [1.807, 2.05) is 30.3 Å². The van der Waals surface area contributed by atoms with Gasteiger partial charge in [-0.2, -0.15) is 0 Å². The van der Waals surface area contributed by atoms with E-state index in [9.17, 15) is 4.79 Å². The van der Waals surface area contributed by atoms with Crippen molar-refractivity contribution in [1.82, 2.24) is 5.32 Å². The molecule has 0 spiro atoms. The zero-order chi connectivity index (χ0) is 16.1. The maximum atomic E-state index is 12.2. The first kappa shape index (κ1) is 17.2. The van der Waals surface area contributed by atoms with Crippen molar-refractivity contribution < 1.29 is 9.53 Å². The number of hydrogen-bond acceptors (Lipinski definition) is 3. The summed E-state index contributed by atoms with van der Waals surface area (Å²) in [5, 5.41) is 5.87. The molecule has 0 atom stereocenters. The lowest BCUT2D eigenvalue weighted by Gasteiger charge is -2.11. The molecule has 114 valence electrons. The minimum atomic E-state index is -0.241. The summed E-state index contributed by atoms with van der Waals surface area (Å²) in [6, 6.07) is 12.8. The lowest BCUT2D eigenvalue weighted by molar-refractivity contribution is 0.0977. The van der Waals surface area contributed by atoms with Crippen LogP contribution in [-0.4, -0.2) is 18.1 Å². The summed E-state index contributed by atoms with van der Waals surface area (Å²) in [7, 11) is 1.60. The number of anilines is 1. The van der Waals surface area contributed by atoms with Crippen molar-refractivity contribution in [2.24, 2.45) is 0 Å². The third-order valence-electron chi connectivity index (χ3n) is 2.76. The molecule has 0 aromatic heterocycles. The number of methoxy groups -OCH3 is 1. The number of rotatable bonds is 3. The molecule has 1 amide bonds. The van der Waals surface area contributed by atoms with Gasteiger partial charge in [0.25, 0.3) is 5.91 Å². The van der Waals surface area contributed by atoms with Crippen LogP contribution in [0.2, 0.25) is 0 Å². The topological polar surface area (TPSA) is 50.4 Å². The molecule has 0 aliphatic heterocycles. The molecular formula is C15H12BrIN2O2S. The standard InChI is InChI=1S/C15H12BrIN2O2S/c1-21-13-7-6-9(8-11(13)16)18-15(22)19-14(20)10-4-2-3-5-12(10)17/h2-8H,1H3,(H2,18,19,20,22). The number of hydrogen-bond donors (Lipinski definition) is 2. The van der Waals surface area contributed by atoms with Gasteiger partial charge in [0.05, 0.1) is 17.1 Å². The molecule has 7 heteroatoms. The van der Waals surface area contributed by atoms with Crippen molar-refractivity contribution >= 4 is 67.4 Å². The van der Waals surface area contributed by atoms with Gasteiger partial charge >= 0.3 is 0 Å². The Labute approximate surface area is 155 Å². The van der Waals surface area contributed by atoms with Crippen LogP contribution in [0.1, 0.15) is 10.4 Å².